The molecule has 0 aromatic heterocycles. The molecule has 5 nitrogen and oxygen atoms in total. The van der Waals surface area contributed by atoms with Crippen LogP contribution in [0.1, 0.15) is 26.2 Å². The van der Waals surface area contributed by atoms with Gasteiger partial charge in [0.05, 0.1) is 6.04 Å². The van der Waals surface area contributed by atoms with Gasteiger partial charge in [-0.25, -0.2) is 0 Å². The molecule has 0 bridgehead atoms. The van der Waals surface area contributed by atoms with Crippen LogP contribution >= 0.6 is 0 Å². The van der Waals surface area contributed by atoms with Crippen molar-refractivity contribution in [1.29, 1.82) is 0 Å². The molecule has 1 rings (SSSR count). The normalized spacial score (nSPS) is 22.3. The smallest absolute Gasteiger partial charge is 0.246 e. The van der Waals surface area contributed by atoms with E-state index in [1.807, 2.05) is 6.92 Å². The van der Waals surface area contributed by atoms with Crippen LogP contribution < -0.4 is 5.73 Å². The van der Waals surface area contributed by atoms with Gasteiger partial charge in [0.15, 0.2) is 0 Å². The van der Waals surface area contributed by atoms with Crippen LogP contribution in [0, 0.1) is 0 Å². The number of hydrogen-bond donors (Lipinski definition) is 1. The summed E-state index contributed by atoms with van der Waals surface area (Å²) in [6.07, 6.45) is 1.53. The molecule has 0 spiro atoms. The molecule has 2 amide bonds. The van der Waals surface area contributed by atoms with E-state index < -0.39 is 6.04 Å². The molecule has 1 heterocycles. The first-order valence-electron chi connectivity index (χ1n) is 5.34. The van der Waals surface area contributed by atoms with Crippen LogP contribution in [0.4, 0.5) is 0 Å². The van der Waals surface area contributed by atoms with Crippen LogP contribution in [0.25, 0.3) is 0 Å². The summed E-state index contributed by atoms with van der Waals surface area (Å²) in [7, 11) is 0. The van der Waals surface area contributed by atoms with Crippen LogP contribution in [0.15, 0.2) is 0 Å². The van der Waals surface area contributed by atoms with Crippen molar-refractivity contribution in [2.45, 2.75) is 32.2 Å². The highest BCUT2D eigenvalue weighted by atomic mass is 16.5. The van der Waals surface area contributed by atoms with Gasteiger partial charge >= 0.3 is 0 Å². The van der Waals surface area contributed by atoms with Crippen molar-refractivity contribution in [2.24, 2.45) is 5.73 Å². The van der Waals surface area contributed by atoms with Crippen molar-refractivity contribution < 1.29 is 14.3 Å². The van der Waals surface area contributed by atoms with Crippen LogP contribution in [0.2, 0.25) is 0 Å². The van der Waals surface area contributed by atoms with E-state index in [0.717, 1.165) is 0 Å². The number of piperidine rings is 1. The summed E-state index contributed by atoms with van der Waals surface area (Å²) in [5, 5.41) is 0. The number of hydrogen-bond acceptors (Lipinski definition) is 4. The van der Waals surface area contributed by atoms with Crippen LogP contribution in [0.5, 0.6) is 0 Å². The zero-order valence-electron chi connectivity index (χ0n) is 9.07. The number of carbonyl (C=O) groups excluding carboxylic acids is 2. The molecule has 1 aliphatic rings. The van der Waals surface area contributed by atoms with E-state index in [2.05, 4.69) is 0 Å². The van der Waals surface area contributed by atoms with Crippen LogP contribution in [-0.2, 0) is 14.3 Å². The number of ether oxygens (including phenoxy) is 1. The first-order valence-corrected chi connectivity index (χ1v) is 5.34. The Bertz CT molecular complexity index is 243. The SMILES string of the molecule is CCOCCCN1C(=O)CCC(N)C1=O. The summed E-state index contributed by atoms with van der Waals surface area (Å²) in [5.74, 6) is -0.360. The topological polar surface area (TPSA) is 72.6 Å². The molecular formula is C10H18N2O3. The Kier molecular flexibility index (Phi) is 4.71. The molecule has 5 heteroatoms. The van der Waals surface area contributed by atoms with Crippen molar-refractivity contribution >= 4 is 11.8 Å². The predicted molar refractivity (Wildman–Crippen MR) is 55.0 cm³/mol. The van der Waals surface area contributed by atoms with Gasteiger partial charge in [-0.1, -0.05) is 0 Å². The van der Waals surface area contributed by atoms with Crippen molar-refractivity contribution in [3.8, 4) is 0 Å². The lowest BCUT2D eigenvalue weighted by Gasteiger charge is -2.28. The van der Waals surface area contributed by atoms with Gasteiger partial charge in [-0.15, -0.1) is 0 Å². The fourth-order valence-corrected chi connectivity index (χ4v) is 1.56. The number of likely N-dealkylation sites (tertiary alicyclic amines) is 1. The second-order valence-electron chi connectivity index (χ2n) is 3.58. The first-order chi connectivity index (χ1) is 7.16. The minimum absolute atomic E-state index is 0.113. The van der Waals surface area contributed by atoms with Gasteiger partial charge in [0.2, 0.25) is 11.8 Å². The Hall–Kier alpha value is -0.940. The van der Waals surface area contributed by atoms with Crippen molar-refractivity contribution in [3.05, 3.63) is 0 Å². The van der Waals surface area contributed by atoms with E-state index >= 15 is 0 Å². The first kappa shape index (κ1) is 12.1. The molecule has 0 aromatic carbocycles. The second-order valence-corrected chi connectivity index (χ2v) is 3.58. The Balaban J connectivity index is 2.36. The van der Waals surface area contributed by atoms with E-state index in [0.29, 0.717) is 39.0 Å². The summed E-state index contributed by atoms with van der Waals surface area (Å²) in [6.45, 7) is 3.56. The minimum atomic E-state index is -0.505. The molecule has 1 aliphatic heterocycles. The zero-order chi connectivity index (χ0) is 11.3. The number of nitrogens with two attached hydrogens (primary N) is 1. The third kappa shape index (κ3) is 3.28. The van der Waals surface area contributed by atoms with Gasteiger partial charge in [-0.05, 0) is 19.8 Å². The van der Waals surface area contributed by atoms with Gasteiger partial charge in [-0.2, -0.15) is 0 Å². The molecule has 0 aliphatic carbocycles. The fraction of sp³-hybridized carbons (Fsp3) is 0.800. The maximum Gasteiger partial charge on any atom is 0.246 e. The van der Waals surface area contributed by atoms with Gasteiger partial charge in [0.1, 0.15) is 0 Å². The van der Waals surface area contributed by atoms with E-state index in [9.17, 15) is 9.59 Å². The van der Waals surface area contributed by atoms with Gasteiger partial charge in [-0.3, -0.25) is 14.5 Å². The van der Waals surface area contributed by atoms with Gasteiger partial charge < -0.3 is 10.5 Å². The lowest BCUT2D eigenvalue weighted by atomic mass is 10.1. The Morgan fingerprint density at radius 3 is 2.93 bits per heavy atom. The van der Waals surface area contributed by atoms with E-state index in [1.165, 1.54) is 4.90 Å². The summed E-state index contributed by atoms with van der Waals surface area (Å²) >= 11 is 0. The lowest BCUT2D eigenvalue weighted by Crippen LogP contribution is -2.51. The number of rotatable bonds is 5. The van der Waals surface area contributed by atoms with E-state index in [4.69, 9.17) is 10.5 Å². The molecule has 0 aromatic rings. The standard InChI is InChI=1S/C10H18N2O3/c1-2-15-7-3-6-12-9(13)5-4-8(11)10(12)14/h8H,2-7,11H2,1H3. The molecule has 2 N–H and O–H groups in total. The molecule has 15 heavy (non-hydrogen) atoms. The second kappa shape index (κ2) is 5.82. The molecule has 1 atom stereocenters. The average Bonchev–Trinajstić information content (AvgIpc) is 2.23. The van der Waals surface area contributed by atoms with Gasteiger partial charge in [0, 0.05) is 26.2 Å². The maximum atomic E-state index is 11.5. The molecule has 1 unspecified atom stereocenters. The molecule has 0 saturated carbocycles. The zero-order valence-corrected chi connectivity index (χ0v) is 9.07. The molecule has 0 radical (unpaired) electrons. The molecular weight excluding hydrogens is 196 g/mol. The quantitative estimate of drug-likeness (QED) is 0.512. The summed E-state index contributed by atoms with van der Waals surface area (Å²) < 4.78 is 5.14. The van der Waals surface area contributed by atoms with Crippen molar-refractivity contribution in [1.82, 2.24) is 4.90 Å². The largest absolute Gasteiger partial charge is 0.382 e. The highest BCUT2D eigenvalue weighted by Crippen LogP contribution is 2.11. The number of carbonyl (C=O) groups is 2. The predicted octanol–water partition coefficient (Wildman–Crippen LogP) is -0.111. The van der Waals surface area contributed by atoms with E-state index in [-0.39, 0.29) is 11.8 Å². The highest BCUT2D eigenvalue weighted by Gasteiger charge is 2.31. The number of amides is 2. The van der Waals surface area contributed by atoms with Crippen LogP contribution in [-0.4, -0.2) is 42.5 Å². The Labute approximate surface area is 89.6 Å². The highest BCUT2D eigenvalue weighted by molar-refractivity contribution is 6.00. The molecule has 1 saturated heterocycles. The Morgan fingerprint density at radius 1 is 1.53 bits per heavy atom. The van der Waals surface area contributed by atoms with Gasteiger partial charge in [0.25, 0.3) is 0 Å². The fourth-order valence-electron chi connectivity index (χ4n) is 1.56. The third-order valence-corrected chi connectivity index (χ3v) is 2.43. The van der Waals surface area contributed by atoms with Crippen LogP contribution in [0.3, 0.4) is 0 Å². The van der Waals surface area contributed by atoms with Crippen molar-refractivity contribution in [2.75, 3.05) is 19.8 Å². The number of nitrogens with zero attached hydrogens (tertiary/aromatic N) is 1. The molecule has 1 fully saturated rings. The van der Waals surface area contributed by atoms with Crippen molar-refractivity contribution in [3.63, 3.8) is 0 Å². The number of imide groups is 1. The maximum absolute atomic E-state index is 11.5. The minimum Gasteiger partial charge on any atom is -0.382 e. The summed E-state index contributed by atoms with van der Waals surface area (Å²) in [4.78, 5) is 24.2. The summed E-state index contributed by atoms with van der Waals surface area (Å²) in [5.41, 5.74) is 5.59. The monoisotopic (exact) mass is 214 g/mol. The molecule has 86 valence electrons. The third-order valence-electron chi connectivity index (χ3n) is 2.43. The average molecular weight is 214 g/mol. The van der Waals surface area contributed by atoms with E-state index in [1.54, 1.807) is 0 Å². The lowest BCUT2D eigenvalue weighted by molar-refractivity contribution is -0.149. The summed E-state index contributed by atoms with van der Waals surface area (Å²) in [6, 6.07) is -0.505. The Morgan fingerprint density at radius 2 is 2.27 bits per heavy atom.